The molecule has 0 radical (unpaired) electrons. The van der Waals surface area contributed by atoms with Gasteiger partial charge in [0, 0.05) is 6.42 Å². The van der Waals surface area contributed by atoms with Crippen LogP contribution in [-0.2, 0) is 14.3 Å². The van der Waals surface area contributed by atoms with Crippen molar-refractivity contribution < 1.29 is 14.3 Å². The minimum Gasteiger partial charge on any atom is -0.459 e. The van der Waals surface area contributed by atoms with Crippen LogP contribution >= 0.6 is 0 Å². The van der Waals surface area contributed by atoms with Gasteiger partial charge in [0.1, 0.15) is 5.60 Å². The Bertz CT molecular complexity index is 209. The van der Waals surface area contributed by atoms with E-state index in [9.17, 15) is 4.79 Å². The summed E-state index contributed by atoms with van der Waals surface area (Å²) in [5.74, 6) is -0.137. The van der Waals surface area contributed by atoms with Crippen LogP contribution < -0.4 is 0 Å². The van der Waals surface area contributed by atoms with Gasteiger partial charge in [-0.05, 0) is 34.1 Å². The van der Waals surface area contributed by atoms with Gasteiger partial charge >= 0.3 is 5.97 Å². The largest absolute Gasteiger partial charge is 0.459 e. The minimum atomic E-state index is -0.435. The van der Waals surface area contributed by atoms with Gasteiger partial charge in [-0.1, -0.05) is 13.8 Å². The Morgan fingerprint density at radius 2 is 1.81 bits per heavy atom. The number of hydrogen-bond donors (Lipinski definition) is 0. The molecule has 0 aliphatic rings. The fraction of sp³-hybridized carbons (Fsp3) is 0.923. The number of carbonyl (C=O) groups is 1. The van der Waals surface area contributed by atoms with Crippen molar-refractivity contribution in [3.05, 3.63) is 0 Å². The number of hydrogen-bond acceptors (Lipinski definition) is 3. The van der Waals surface area contributed by atoms with Gasteiger partial charge in [-0.25, -0.2) is 0 Å². The van der Waals surface area contributed by atoms with Crippen LogP contribution in [0.5, 0.6) is 0 Å². The maximum atomic E-state index is 11.6. The van der Waals surface area contributed by atoms with E-state index in [1.807, 2.05) is 41.5 Å². The summed E-state index contributed by atoms with van der Waals surface area (Å²) in [5, 5.41) is 0. The summed E-state index contributed by atoms with van der Waals surface area (Å²) in [6.45, 7) is 12.4. The molecule has 3 nitrogen and oxygen atoms in total. The topological polar surface area (TPSA) is 35.5 Å². The zero-order chi connectivity index (χ0) is 12.8. The van der Waals surface area contributed by atoms with Gasteiger partial charge in [-0.15, -0.1) is 0 Å². The summed E-state index contributed by atoms with van der Waals surface area (Å²) in [7, 11) is 0. The summed E-state index contributed by atoms with van der Waals surface area (Å²) < 4.78 is 10.9. The Balaban J connectivity index is 3.98. The lowest BCUT2D eigenvalue weighted by atomic mass is 10.0. The van der Waals surface area contributed by atoms with Crippen LogP contribution in [-0.4, -0.2) is 24.3 Å². The van der Waals surface area contributed by atoms with E-state index in [1.165, 1.54) is 0 Å². The van der Waals surface area contributed by atoms with Crippen molar-refractivity contribution >= 4 is 5.97 Å². The van der Waals surface area contributed by atoms with E-state index >= 15 is 0 Å². The molecule has 0 rings (SSSR count). The highest BCUT2D eigenvalue weighted by atomic mass is 16.6. The molecule has 0 heterocycles. The van der Waals surface area contributed by atoms with Crippen molar-refractivity contribution in [1.82, 2.24) is 0 Å². The van der Waals surface area contributed by atoms with Crippen LogP contribution in [0.1, 0.15) is 54.4 Å². The average Bonchev–Trinajstić information content (AvgIpc) is 2.14. The third-order valence-corrected chi connectivity index (χ3v) is 2.55. The molecule has 0 saturated carbocycles. The van der Waals surface area contributed by atoms with Crippen molar-refractivity contribution in [2.45, 2.75) is 66.1 Å². The molecule has 3 heteroatoms. The Morgan fingerprint density at radius 3 is 2.25 bits per heavy atom. The number of rotatable bonds is 7. The predicted molar refractivity (Wildman–Crippen MR) is 65.3 cm³/mol. The molecule has 16 heavy (non-hydrogen) atoms. The molecular formula is C13H26O3. The molecule has 1 unspecified atom stereocenters. The maximum Gasteiger partial charge on any atom is 0.309 e. The van der Waals surface area contributed by atoms with Crippen LogP contribution in [0.25, 0.3) is 0 Å². The molecule has 0 saturated heterocycles. The lowest BCUT2D eigenvalue weighted by Crippen LogP contribution is -2.32. The Morgan fingerprint density at radius 1 is 1.25 bits per heavy atom. The second kappa shape index (κ2) is 6.89. The van der Waals surface area contributed by atoms with Gasteiger partial charge in [-0.3, -0.25) is 4.79 Å². The summed E-state index contributed by atoms with van der Waals surface area (Å²) in [6.07, 6.45) is 1.77. The van der Waals surface area contributed by atoms with Gasteiger partial charge < -0.3 is 9.47 Å². The Hall–Kier alpha value is -0.570. The highest BCUT2D eigenvalue weighted by Crippen LogP contribution is 2.18. The van der Waals surface area contributed by atoms with Crippen LogP contribution in [0, 0.1) is 5.92 Å². The minimum absolute atomic E-state index is 0.0229. The van der Waals surface area contributed by atoms with Crippen LogP contribution in [0.4, 0.5) is 0 Å². The van der Waals surface area contributed by atoms with E-state index in [1.54, 1.807) is 0 Å². The molecule has 0 bridgehead atoms. The first-order valence-electron chi connectivity index (χ1n) is 6.13. The number of ether oxygens (including phenoxy) is 2. The van der Waals surface area contributed by atoms with Crippen molar-refractivity contribution in [2.24, 2.45) is 5.92 Å². The Kier molecular flexibility index (Phi) is 6.65. The average molecular weight is 230 g/mol. The lowest BCUT2D eigenvalue weighted by Gasteiger charge is -2.27. The van der Waals surface area contributed by atoms with Gasteiger partial charge in [0.25, 0.3) is 0 Å². The van der Waals surface area contributed by atoms with Gasteiger partial charge in [0.05, 0.1) is 18.6 Å². The standard InChI is InChI=1S/C13H26O3/c1-7-11(4)12(14)16-13(5,6)8-9-15-10(2)3/h10-11H,7-9H2,1-6H3. The van der Waals surface area contributed by atoms with Gasteiger partial charge in [0.15, 0.2) is 0 Å². The zero-order valence-electron chi connectivity index (χ0n) is 11.5. The van der Waals surface area contributed by atoms with Crippen LogP contribution in [0.15, 0.2) is 0 Å². The molecule has 0 spiro atoms. The second-order valence-electron chi connectivity index (χ2n) is 5.16. The molecule has 0 fully saturated rings. The van der Waals surface area contributed by atoms with E-state index in [0.717, 1.165) is 12.8 Å². The summed E-state index contributed by atoms with van der Waals surface area (Å²) in [5.41, 5.74) is -0.435. The molecule has 0 N–H and O–H groups in total. The Labute approximate surface area is 99.5 Å². The summed E-state index contributed by atoms with van der Waals surface area (Å²) >= 11 is 0. The molecule has 1 atom stereocenters. The fourth-order valence-electron chi connectivity index (χ4n) is 1.13. The van der Waals surface area contributed by atoms with E-state index in [4.69, 9.17) is 9.47 Å². The first-order valence-corrected chi connectivity index (χ1v) is 6.13. The predicted octanol–water partition coefficient (Wildman–Crippen LogP) is 3.17. The molecule has 0 aliphatic heterocycles. The van der Waals surface area contributed by atoms with Crippen molar-refractivity contribution in [2.75, 3.05) is 6.61 Å². The molecule has 0 aromatic rings. The molecule has 96 valence electrons. The SMILES string of the molecule is CCC(C)C(=O)OC(C)(C)CCOC(C)C. The quantitative estimate of drug-likeness (QED) is 0.630. The molecule has 0 aromatic heterocycles. The third kappa shape index (κ3) is 6.83. The third-order valence-electron chi connectivity index (χ3n) is 2.55. The van der Waals surface area contributed by atoms with Crippen LogP contribution in [0.2, 0.25) is 0 Å². The van der Waals surface area contributed by atoms with Crippen LogP contribution in [0.3, 0.4) is 0 Å². The number of carbonyl (C=O) groups excluding carboxylic acids is 1. The molecular weight excluding hydrogens is 204 g/mol. The lowest BCUT2D eigenvalue weighted by molar-refractivity contribution is -0.162. The first-order chi connectivity index (χ1) is 7.28. The second-order valence-corrected chi connectivity index (χ2v) is 5.16. The molecule has 0 aromatic carbocycles. The number of esters is 1. The van der Waals surface area contributed by atoms with E-state index in [-0.39, 0.29) is 18.0 Å². The molecule has 0 amide bonds. The highest BCUT2D eigenvalue weighted by molar-refractivity contribution is 5.72. The summed E-state index contributed by atoms with van der Waals surface area (Å²) in [6, 6.07) is 0. The van der Waals surface area contributed by atoms with Crippen molar-refractivity contribution in [3.8, 4) is 0 Å². The van der Waals surface area contributed by atoms with Crippen molar-refractivity contribution in [3.63, 3.8) is 0 Å². The summed E-state index contributed by atoms with van der Waals surface area (Å²) in [4.78, 5) is 11.6. The van der Waals surface area contributed by atoms with Gasteiger partial charge in [-0.2, -0.15) is 0 Å². The van der Waals surface area contributed by atoms with E-state index in [0.29, 0.717) is 6.61 Å². The van der Waals surface area contributed by atoms with Gasteiger partial charge in [0.2, 0.25) is 0 Å². The monoisotopic (exact) mass is 230 g/mol. The molecule has 0 aliphatic carbocycles. The van der Waals surface area contributed by atoms with Crippen molar-refractivity contribution in [1.29, 1.82) is 0 Å². The highest BCUT2D eigenvalue weighted by Gasteiger charge is 2.25. The van der Waals surface area contributed by atoms with E-state index in [2.05, 4.69) is 0 Å². The zero-order valence-corrected chi connectivity index (χ0v) is 11.5. The fourth-order valence-corrected chi connectivity index (χ4v) is 1.13. The normalized spacial score (nSPS) is 13.9. The first kappa shape index (κ1) is 15.4. The smallest absolute Gasteiger partial charge is 0.309 e. The van der Waals surface area contributed by atoms with E-state index < -0.39 is 5.60 Å². The maximum absolute atomic E-state index is 11.6.